The highest BCUT2D eigenvalue weighted by Gasteiger charge is 2.28. The van der Waals surface area contributed by atoms with Crippen LogP contribution in [0.5, 0.6) is 5.75 Å². The summed E-state index contributed by atoms with van der Waals surface area (Å²) in [7, 11) is 0. The van der Waals surface area contributed by atoms with Crippen molar-refractivity contribution in [2.45, 2.75) is 46.6 Å². The number of aryl methyl sites for hydroxylation is 1. The summed E-state index contributed by atoms with van der Waals surface area (Å²) in [5.41, 5.74) is 1.95. The number of hydrogen-bond donors (Lipinski definition) is 1. The van der Waals surface area contributed by atoms with E-state index in [1.54, 1.807) is 6.92 Å². The Morgan fingerprint density at radius 2 is 2.06 bits per heavy atom. The first-order chi connectivity index (χ1) is 8.13. The van der Waals surface area contributed by atoms with Gasteiger partial charge in [-0.1, -0.05) is 32.9 Å². The van der Waals surface area contributed by atoms with Crippen molar-refractivity contribution in [3.8, 4) is 5.75 Å². The zero-order valence-electron chi connectivity index (χ0n) is 10.9. The van der Waals surface area contributed by atoms with Crippen LogP contribution >= 0.6 is 0 Å². The second-order valence-electron chi connectivity index (χ2n) is 3.90. The average molecular weight is 236 g/mol. The van der Waals surface area contributed by atoms with Gasteiger partial charge in [0.2, 0.25) is 0 Å². The minimum absolute atomic E-state index is 0.0490. The Morgan fingerprint density at radius 1 is 1.41 bits per heavy atom. The van der Waals surface area contributed by atoms with E-state index < -0.39 is 5.97 Å². The Kier molecular flexibility index (Phi) is 4.55. The summed E-state index contributed by atoms with van der Waals surface area (Å²) in [6, 6.07) is 3.73. The lowest BCUT2D eigenvalue weighted by Gasteiger charge is -2.24. The number of phenols is 1. The number of ether oxygens (including phenoxy) is 1. The molecule has 1 aromatic carbocycles. The number of carbonyl (C=O) groups excluding carboxylic acids is 1. The maximum atomic E-state index is 11.6. The standard InChI is InChI=1S/C12H14O3.C2H6/c1-3-9-6-8-5-4-7(2)11(13)10(8)12(14)15-9;1-2/h4-5,9,13H,3,6H2,1-2H3;1-2H3. The number of cyclic esters (lactones) is 1. The largest absolute Gasteiger partial charge is 0.507 e. The van der Waals surface area contributed by atoms with Crippen LogP contribution in [0.1, 0.15) is 48.7 Å². The molecule has 1 heterocycles. The molecule has 94 valence electrons. The van der Waals surface area contributed by atoms with Crippen LogP contribution in [0.25, 0.3) is 0 Å². The minimum Gasteiger partial charge on any atom is -0.507 e. The van der Waals surface area contributed by atoms with Crippen LogP contribution in [0.3, 0.4) is 0 Å². The summed E-state index contributed by atoms with van der Waals surface area (Å²) < 4.78 is 5.20. The van der Waals surface area contributed by atoms with Gasteiger partial charge in [-0.3, -0.25) is 0 Å². The summed E-state index contributed by atoms with van der Waals surface area (Å²) in [6.07, 6.45) is 1.46. The second kappa shape index (κ2) is 5.71. The predicted molar refractivity (Wildman–Crippen MR) is 67.4 cm³/mol. The van der Waals surface area contributed by atoms with Crippen molar-refractivity contribution in [1.29, 1.82) is 0 Å². The molecular formula is C14H20O3. The molecule has 2 rings (SSSR count). The van der Waals surface area contributed by atoms with E-state index in [9.17, 15) is 9.90 Å². The molecule has 0 saturated carbocycles. The lowest BCUT2D eigenvalue weighted by molar-refractivity contribution is 0.0245. The van der Waals surface area contributed by atoms with Gasteiger partial charge in [-0.25, -0.2) is 4.79 Å². The third-order valence-electron chi connectivity index (χ3n) is 2.85. The Morgan fingerprint density at radius 3 is 2.65 bits per heavy atom. The van der Waals surface area contributed by atoms with E-state index in [1.165, 1.54) is 0 Å². The van der Waals surface area contributed by atoms with Gasteiger partial charge in [0.1, 0.15) is 17.4 Å². The van der Waals surface area contributed by atoms with Crippen LogP contribution in [-0.4, -0.2) is 17.2 Å². The number of fused-ring (bicyclic) bond motifs is 1. The molecule has 0 aromatic heterocycles. The van der Waals surface area contributed by atoms with E-state index in [0.29, 0.717) is 17.5 Å². The first-order valence-corrected chi connectivity index (χ1v) is 6.16. The first kappa shape index (κ1) is 13.6. The van der Waals surface area contributed by atoms with Crippen LogP contribution in [0.15, 0.2) is 12.1 Å². The maximum Gasteiger partial charge on any atom is 0.342 e. The highest BCUT2D eigenvalue weighted by Crippen LogP contribution is 2.31. The summed E-state index contributed by atoms with van der Waals surface area (Å²) in [4.78, 5) is 11.6. The van der Waals surface area contributed by atoms with Crippen molar-refractivity contribution in [1.82, 2.24) is 0 Å². The fourth-order valence-electron chi connectivity index (χ4n) is 1.86. The van der Waals surface area contributed by atoms with Gasteiger partial charge in [0.15, 0.2) is 0 Å². The Labute approximate surface area is 102 Å². The van der Waals surface area contributed by atoms with Crippen molar-refractivity contribution in [2.75, 3.05) is 0 Å². The Bertz CT molecular complexity index is 410. The van der Waals surface area contributed by atoms with E-state index in [4.69, 9.17) is 4.74 Å². The van der Waals surface area contributed by atoms with Crippen LogP contribution in [0.4, 0.5) is 0 Å². The molecule has 1 aliphatic heterocycles. The van der Waals surface area contributed by atoms with Gasteiger partial charge in [-0.15, -0.1) is 0 Å². The van der Waals surface area contributed by atoms with E-state index in [1.807, 2.05) is 32.9 Å². The molecule has 0 amide bonds. The summed E-state index contributed by atoms with van der Waals surface area (Å²) in [5.74, 6) is -0.337. The van der Waals surface area contributed by atoms with Crippen LogP contribution in [-0.2, 0) is 11.2 Å². The van der Waals surface area contributed by atoms with Gasteiger partial charge < -0.3 is 9.84 Å². The Balaban J connectivity index is 0.000000686. The Hall–Kier alpha value is -1.51. The lowest BCUT2D eigenvalue weighted by atomic mass is 9.95. The van der Waals surface area contributed by atoms with E-state index in [0.717, 1.165) is 12.0 Å². The smallest absolute Gasteiger partial charge is 0.342 e. The third kappa shape index (κ3) is 2.60. The number of hydrogen-bond acceptors (Lipinski definition) is 3. The fraction of sp³-hybridized carbons (Fsp3) is 0.500. The molecule has 0 aliphatic carbocycles. The molecular weight excluding hydrogens is 216 g/mol. The quantitative estimate of drug-likeness (QED) is 0.761. The van der Waals surface area contributed by atoms with Gasteiger partial charge in [0.05, 0.1) is 0 Å². The molecule has 0 bridgehead atoms. The summed E-state index contributed by atoms with van der Waals surface area (Å²) in [5, 5.41) is 9.77. The van der Waals surface area contributed by atoms with Gasteiger partial charge in [0, 0.05) is 6.42 Å². The van der Waals surface area contributed by atoms with E-state index in [2.05, 4.69) is 0 Å². The molecule has 17 heavy (non-hydrogen) atoms. The van der Waals surface area contributed by atoms with Crippen molar-refractivity contribution in [3.05, 3.63) is 28.8 Å². The highest BCUT2D eigenvalue weighted by atomic mass is 16.5. The van der Waals surface area contributed by atoms with E-state index in [-0.39, 0.29) is 11.9 Å². The molecule has 0 radical (unpaired) electrons. The van der Waals surface area contributed by atoms with Gasteiger partial charge in [0.25, 0.3) is 0 Å². The third-order valence-corrected chi connectivity index (χ3v) is 2.85. The fourth-order valence-corrected chi connectivity index (χ4v) is 1.86. The molecule has 3 nitrogen and oxygen atoms in total. The zero-order chi connectivity index (χ0) is 13.0. The number of rotatable bonds is 1. The molecule has 1 unspecified atom stereocenters. The second-order valence-corrected chi connectivity index (χ2v) is 3.90. The topological polar surface area (TPSA) is 46.5 Å². The number of aromatic hydroxyl groups is 1. The van der Waals surface area contributed by atoms with Crippen LogP contribution in [0, 0.1) is 6.92 Å². The lowest BCUT2D eigenvalue weighted by Crippen LogP contribution is -2.27. The number of benzene rings is 1. The van der Waals surface area contributed by atoms with Crippen LogP contribution < -0.4 is 0 Å². The number of phenolic OH excluding ortho intramolecular Hbond substituents is 1. The first-order valence-electron chi connectivity index (χ1n) is 6.16. The van der Waals surface area contributed by atoms with E-state index >= 15 is 0 Å². The molecule has 1 aliphatic rings. The van der Waals surface area contributed by atoms with Crippen molar-refractivity contribution >= 4 is 5.97 Å². The highest BCUT2D eigenvalue weighted by molar-refractivity contribution is 5.95. The van der Waals surface area contributed by atoms with Gasteiger partial charge in [-0.05, 0) is 24.5 Å². The minimum atomic E-state index is -0.399. The van der Waals surface area contributed by atoms with Crippen molar-refractivity contribution in [3.63, 3.8) is 0 Å². The van der Waals surface area contributed by atoms with Crippen molar-refractivity contribution < 1.29 is 14.6 Å². The summed E-state index contributed by atoms with van der Waals surface area (Å²) >= 11 is 0. The van der Waals surface area contributed by atoms with Gasteiger partial charge in [-0.2, -0.15) is 0 Å². The van der Waals surface area contributed by atoms with Crippen LogP contribution in [0.2, 0.25) is 0 Å². The monoisotopic (exact) mass is 236 g/mol. The molecule has 3 heteroatoms. The number of carbonyl (C=O) groups is 1. The molecule has 1 N–H and O–H groups in total. The molecule has 1 atom stereocenters. The molecule has 0 saturated heterocycles. The normalized spacial score (nSPS) is 17.6. The van der Waals surface area contributed by atoms with Crippen molar-refractivity contribution in [2.24, 2.45) is 0 Å². The average Bonchev–Trinajstić information content (AvgIpc) is 2.35. The summed E-state index contributed by atoms with van der Waals surface area (Å²) in [6.45, 7) is 7.76. The number of esters is 1. The maximum absolute atomic E-state index is 11.6. The molecule has 0 spiro atoms. The zero-order valence-corrected chi connectivity index (χ0v) is 10.9. The SMILES string of the molecule is CC.CCC1Cc2ccc(C)c(O)c2C(=O)O1. The predicted octanol–water partition coefficient (Wildman–Crippen LogP) is 3.22. The molecule has 1 aromatic rings. The van der Waals surface area contributed by atoms with Gasteiger partial charge >= 0.3 is 5.97 Å². The molecule has 0 fully saturated rings.